The molecule has 216 valence electrons. The van der Waals surface area contributed by atoms with Gasteiger partial charge in [-0.2, -0.15) is 5.26 Å². The monoisotopic (exact) mass is 574 g/mol. The lowest BCUT2D eigenvalue weighted by atomic mass is 10.1. The smallest absolute Gasteiger partial charge is 0.322 e. The SMILES string of the molecule is CCC[C@@H](CCCN(C(=O)NCc1ccccc1)c1ccc(N2CCS(=O)(=O)CC2)cc1)Nc1ccc(C#N)cn1. The Hall–Kier alpha value is -4.10. The Balaban J connectivity index is 1.42. The Morgan fingerprint density at radius 3 is 2.41 bits per heavy atom. The van der Waals surface area contributed by atoms with Gasteiger partial charge in [-0.25, -0.2) is 18.2 Å². The molecule has 0 spiro atoms. The molecule has 3 aromatic rings. The predicted molar refractivity (Wildman–Crippen MR) is 164 cm³/mol. The van der Waals surface area contributed by atoms with Crippen molar-refractivity contribution in [2.24, 2.45) is 0 Å². The number of hydrogen-bond donors (Lipinski definition) is 2. The predicted octanol–water partition coefficient (Wildman–Crippen LogP) is 4.97. The maximum Gasteiger partial charge on any atom is 0.322 e. The first-order valence-corrected chi connectivity index (χ1v) is 16.0. The number of sulfone groups is 1. The highest BCUT2D eigenvalue weighted by molar-refractivity contribution is 7.91. The van der Waals surface area contributed by atoms with E-state index in [1.54, 1.807) is 17.2 Å². The molecule has 2 heterocycles. The molecule has 1 aliphatic rings. The normalized spacial score (nSPS) is 15.0. The van der Waals surface area contributed by atoms with Gasteiger partial charge in [-0.3, -0.25) is 4.90 Å². The first-order chi connectivity index (χ1) is 19.9. The van der Waals surface area contributed by atoms with Gasteiger partial charge in [0.15, 0.2) is 9.84 Å². The Bertz CT molecular complexity index is 1390. The highest BCUT2D eigenvalue weighted by Crippen LogP contribution is 2.24. The van der Waals surface area contributed by atoms with Gasteiger partial charge in [0.05, 0.1) is 17.1 Å². The van der Waals surface area contributed by atoms with Gasteiger partial charge in [0.1, 0.15) is 11.9 Å². The topological polar surface area (TPSA) is 118 Å². The number of aromatic nitrogens is 1. The molecule has 41 heavy (non-hydrogen) atoms. The Morgan fingerprint density at radius 1 is 1.05 bits per heavy atom. The van der Waals surface area contributed by atoms with E-state index in [0.717, 1.165) is 48.4 Å². The zero-order valence-corrected chi connectivity index (χ0v) is 24.3. The van der Waals surface area contributed by atoms with Crippen molar-refractivity contribution in [2.45, 2.75) is 45.2 Å². The van der Waals surface area contributed by atoms with Gasteiger partial charge in [-0.1, -0.05) is 43.7 Å². The molecule has 1 saturated heterocycles. The van der Waals surface area contributed by atoms with Crippen LogP contribution in [0.2, 0.25) is 0 Å². The fourth-order valence-electron chi connectivity index (χ4n) is 4.92. The molecule has 2 N–H and O–H groups in total. The van der Waals surface area contributed by atoms with E-state index in [9.17, 15) is 13.2 Å². The molecule has 1 aliphatic heterocycles. The van der Waals surface area contributed by atoms with Crippen LogP contribution in [-0.2, 0) is 16.4 Å². The van der Waals surface area contributed by atoms with Crippen LogP contribution >= 0.6 is 0 Å². The van der Waals surface area contributed by atoms with Crippen LogP contribution in [0.3, 0.4) is 0 Å². The lowest BCUT2D eigenvalue weighted by Gasteiger charge is -2.30. The number of carbonyl (C=O) groups is 1. The summed E-state index contributed by atoms with van der Waals surface area (Å²) < 4.78 is 23.7. The number of carbonyl (C=O) groups excluding carboxylic acids is 1. The van der Waals surface area contributed by atoms with Crippen molar-refractivity contribution in [3.63, 3.8) is 0 Å². The van der Waals surface area contributed by atoms with Crippen molar-refractivity contribution < 1.29 is 13.2 Å². The summed E-state index contributed by atoms with van der Waals surface area (Å²) in [5, 5.41) is 15.6. The van der Waals surface area contributed by atoms with E-state index in [1.807, 2.05) is 60.7 Å². The van der Waals surface area contributed by atoms with Gasteiger partial charge in [-0.05, 0) is 61.2 Å². The second-order valence-electron chi connectivity index (χ2n) is 10.3. The molecule has 0 aliphatic carbocycles. The van der Waals surface area contributed by atoms with Crippen molar-refractivity contribution in [3.05, 3.63) is 84.1 Å². The summed E-state index contributed by atoms with van der Waals surface area (Å²) in [6.07, 6.45) is 5.16. The number of anilines is 3. The van der Waals surface area contributed by atoms with Crippen molar-refractivity contribution in [1.29, 1.82) is 5.26 Å². The van der Waals surface area contributed by atoms with Crippen molar-refractivity contribution >= 4 is 33.1 Å². The average Bonchev–Trinajstić information content (AvgIpc) is 2.99. The molecule has 0 unspecified atom stereocenters. The molecule has 2 amide bonds. The number of nitrogens with zero attached hydrogens (tertiary/aromatic N) is 4. The van der Waals surface area contributed by atoms with E-state index >= 15 is 0 Å². The molecule has 0 saturated carbocycles. The molecule has 4 rings (SSSR count). The third kappa shape index (κ3) is 8.95. The summed E-state index contributed by atoms with van der Waals surface area (Å²) in [5.74, 6) is 1.06. The quantitative estimate of drug-likeness (QED) is 0.314. The minimum atomic E-state index is -2.96. The van der Waals surface area contributed by atoms with Crippen LogP contribution in [0, 0.1) is 11.3 Å². The third-order valence-electron chi connectivity index (χ3n) is 7.22. The van der Waals surface area contributed by atoms with Crippen molar-refractivity contribution in [2.75, 3.05) is 46.3 Å². The average molecular weight is 575 g/mol. The fraction of sp³-hybridized carbons (Fsp3) is 0.387. The third-order valence-corrected chi connectivity index (χ3v) is 8.83. The number of urea groups is 1. The van der Waals surface area contributed by atoms with Crippen LogP contribution in [0.4, 0.5) is 22.0 Å². The fourth-order valence-corrected chi connectivity index (χ4v) is 6.12. The largest absolute Gasteiger partial charge is 0.369 e. The van der Waals surface area contributed by atoms with Crippen molar-refractivity contribution in [1.82, 2.24) is 10.3 Å². The van der Waals surface area contributed by atoms with Crippen LogP contribution in [0.1, 0.15) is 43.7 Å². The van der Waals surface area contributed by atoms with E-state index in [-0.39, 0.29) is 23.6 Å². The van der Waals surface area contributed by atoms with Gasteiger partial charge >= 0.3 is 6.03 Å². The molecule has 1 aromatic heterocycles. The number of hydrogen-bond acceptors (Lipinski definition) is 7. The highest BCUT2D eigenvalue weighted by atomic mass is 32.2. The maximum atomic E-state index is 13.4. The number of pyridine rings is 1. The number of nitrogens with one attached hydrogen (secondary N) is 2. The molecule has 1 atom stereocenters. The highest BCUT2D eigenvalue weighted by Gasteiger charge is 2.22. The van der Waals surface area contributed by atoms with Crippen LogP contribution in [0.25, 0.3) is 0 Å². The Morgan fingerprint density at radius 2 is 1.78 bits per heavy atom. The minimum Gasteiger partial charge on any atom is -0.369 e. The number of nitriles is 1. The van der Waals surface area contributed by atoms with E-state index in [4.69, 9.17) is 5.26 Å². The summed E-state index contributed by atoms with van der Waals surface area (Å²) in [6.45, 7) is 4.06. The molecule has 1 fully saturated rings. The van der Waals surface area contributed by atoms with Crippen LogP contribution in [-0.4, -0.2) is 56.6 Å². The van der Waals surface area contributed by atoms with Crippen LogP contribution < -0.4 is 20.4 Å². The summed E-state index contributed by atoms with van der Waals surface area (Å²) in [5.41, 5.74) is 3.29. The lowest BCUT2D eigenvalue weighted by Crippen LogP contribution is -2.41. The number of benzene rings is 2. The van der Waals surface area contributed by atoms with Gasteiger partial charge in [-0.15, -0.1) is 0 Å². The molecule has 10 heteroatoms. The van der Waals surface area contributed by atoms with E-state index in [0.29, 0.717) is 31.7 Å². The van der Waals surface area contributed by atoms with Gasteiger partial charge in [0.2, 0.25) is 0 Å². The zero-order chi connectivity index (χ0) is 29.1. The summed E-state index contributed by atoms with van der Waals surface area (Å²) in [4.78, 5) is 21.6. The second kappa shape index (κ2) is 14.5. The molecular weight excluding hydrogens is 536 g/mol. The Kier molecular flexibility index (Phi) is 10.6. The van der Waals surface area contributed by atoms with Gasteiger partial charge < -0.3 is 15.5 Å². The standard InChI is InChI=1S/C31H38N6O3S/c1-2-7-27(35-30-16-11-26(22-32)24-33-30)10-6-17-37(31(38)34-23-25-8-4-3-5-9-25)29-14-12-28(13-15-29)36-18-20-41(39,40)21-19-36/h3-5,8-9,11-16,24,27H,2,6-7,10,17-21,23H2,1H3,(H,33,35)(H,34,38)/t27-/m0/s1. The van der Waals surface area contributed by atoms with E-state index < -0.39 is 9.84 Å². The molecule has 2 aromatic carbocycles. The van der Waals surface area contributed by atoms with Gasteiger partial charge in [0, 0.05) is 49.8 Å². The molecular formula is C31H38N6O3S. The number of rotatable bonds is 12. The number of amides is 2. The maximum absolute atomic E-state index is 13.4. The van der Waals surface area contributed by atoms with E-state index in [2.05, 4.69) is 33.5 Å². The van der Waals surface area contributed by atoms with E-state index in [1.165, 1.54) is 0 Å². The zero-order valence-electron chi connectivity index (χ0n) is 23.5. The molecule has 0 bridgehead atoms. The molecule has 0 radical (unpaired) electrons. The van der Waals surface area contributed by atoms with Crippen molar-refractivity contribution in [3.8, 4) is 6.07 Å². The van der Waals surface area contributed by atoms with Crippen LogP contribution in [0.15, 0.2) is 72.9 Å². The Labute approximate surface area is 243 Å². The second-order valence-corrected chi connectivity index (χ2v) is 12.6. The van der Waals surface area contributed by atoms with Gasteiger partial charge in [0.25, 0.3) is 0 Å². The minimum absolute atomic E-state index is 0.160. The first-order valence-electron chi connectivity index (χ1n) is 14.1. The first kappa shape index (κ1) is 29.9. The lowest BCUT2D eigenvalue weighted by molar-refractivity contribution is 0.245. The summed E-state index contributed by atoms with van der Waals surface area (Å²) in [6, 6.07) is 23.3. The van der Waals surface area contributed by atoms with Crippen LogP contribution in [0.5, 0.6) is 0 Å². The summed E-state index contributed by atoms with van der Waals surface area (Å²) in [7, 11) is -2.96. The molecule has 9 nitrogen and oxygen atoms in total. The summed E-state index contributed by atoms with van der Waals surface area (Å²) >= 11 is 0.